The van der Waals surface area contributed by atoms with E-state index in [4.69, 9.17) is 0 Å². The number of hydrogen-bond donors (Lipinski definition) is 2. The van der Waals surface area contributed by atoms with E-state index in [1.165, 1.54) is 48.7 Å². The molecular formula is C19H13F4N3O. The van der Waals surface area contributed by atoms with Gasteiger partial charge in [0.25, 0.3) is 5.91 Å². The first-order chi connectivity index (χ1) is 12.8. The van der Waals surface area contributed by atoms with Crippen LogP contribution in [0.4, 0.5) is 34.8 Å². The van der Waals surface area contributed by atoms with Crippen LogP contribution in [0, 0.1) is 5.82 Å². The van der Waals surface area contributed by atoms with Crippen LogP contribution in [-0.2, 0) is 6.18 Å². The molecule has 0 atom stereocenters. The van der Waals surface area contributed by atoms with Crippen molar-refractivity contribution in [1.82, 2.24) is 4.98 Å². The summed E-state index contributed by atoms with van der Waals surface area (Å²) in [7, 11) is 0. The van der Waals surface area contributed by atoms with Gasteiger partial charge in [-0.1, -0.05) is 12.1 Å². The lowest BCUT2D eigenvalue weighted by atomic mass is 10.2. The Kier molecular flexibility index (Phi) is 5.07. The molecule has 4 nitrogen and oxygen atoms in total. The summed E-state index contributed by atoms with van der Waals surface area (Å²) in [6, 6.07) is 13.0. The van der Waals surface area contributed by atoms with E-state index in [1.807, 2.05) is 0 Å². The van der Waals surface area contributed by atoms with Crippen LogP contribution in [0.1, 0.15) is 15.9 Å². The lowest BCUT2D eigenvalue weighted by Crippen LogP contribution is -2.15. The molecule has 3 rings (SSSR count). The largest absolute Gasteiger partial charge is 0.416 e. The molecule has 1 heterocycles. The zero-order valence-electron chi connectivity index (χ0n) is 13.7. The number of alkyl halides is 3. The molecule has 3 aromatic rings. The van der Waals surface area contributed by atoms with Crippen molar-refractivity contribution < 1.29 is 22.4 Å². The number of rotatable bonds is 4. The van der Waals surface area contributed by atoms with Gasteiger partial charge in [-0.3, -0.25) is 4.79 Å². The van der Waals surface area contributed by atoms with Gasteiger partial charge in [-0.05, 0) is 48.5 Å². The number of pyridine rings is 1. The SMILES string of the molecule is O=C(Nc1ccccc1F)c1cccnc1Nc1ccc(C(F)(F)F)cc1. The maximum atomic E-state index is 13.7. The monoisotopic (exact) mass is 375 g/mol. The molecule has 0 aliphatic carbocycles. The van der Waals surface area contributed by atoms with Gasteiger partial charge in [-0.25, -0.2) is 9.37 Å². The number of nitrogens with zero attached hydrogens (tertiary/aromatic N) is 1. The van der Waals surface area contributed by atoms with Gasteiger partial charge in [-0.2, -0.15) is 13.2 Å². The highest BCUT2D eigenvalue weighted by atomic mass is 19.4. The Morgan fingerprint density at radius 1 is 0.926 bits per heavy atom. The number of aromatic nitrogens is 1. The first-order valence-corrected chi connectivity index (χ1v) is 7.80. The van der Waals surface area contributed by atoms with Gasteiger partial charge in [-0.15, -0.1) is 0 Å². The number of benzene rings is 2. The minimum absolute atomic E-state index is 0.00633. The number of anilines is 3. The molecule has 0 aliphatic rings. The summed E-state index contributed by atoms with van der Waals surface area (Å²) in [6.07, 6.45) is -3.01. The Morgan fingerprint density at radius 2 is 1.63 bits per heavy atom. The number of amides is 1. The molecular weight excluding hydrogens is 362 g/mol. The number of hydrogen-bond acceptors (Lipinski definition) is 3. The molecule has 8 heteroatoms. The molecule has 0 aliphatic heterocycles. The summed E-state index contributed by atoms with van der Waals surface area (Å²) in [4.78, 5) is 16.5. The van der Waals surface area contributed by atoms with Gasteiger partial charge in [0.05, 0.1) is 16.8 Å². The van der Waals surface area contributed by atoms with E-state index in [1.54, 1.807) is 6.07 Å². The Hall–Kier alpha value is -3.42. The van der Waals surface area contributed by atoms with Crippen LogP contribution in [0.3, 0.4) is 0 Å². The van der Waals surface area contributed by atoms with Crippen molar-refractivity contribution in [3.8, 4) is 0 Å². The fraction of sp³-hybridized carbons (Fsp3) is 0.0526. The maximum Gasteiger partial charge on any atom is 0.416 e. The Labute approximate surface area is 151 Å². The molecule has 2 aromatic carbocycles. The molecule has 0 fully saturated rings. The zero-order chi connectivity index (χ0) is 19.4. The standard InChI is InChI=1S/C19H13F4N3O/c20-15-5-1-2-6-16(15)26-18(27)14-4-3-11-24-17(14)25-13-9-7-12(8-10-13)19(21,22)23/h1-11H,(H,24,25)(H,26,27). The quantitative estimate of drug-likeness (QED) is 0.614. The van der Waals surface area contributed by atoms with Gasteiger partial charge in [0, 0.05) is 11.9 Å². The average Bonchev–Trinajstić information content (AvgIpc) is 2.64. The van der Waals surface area contributed by atoms with Crippen molar-refractivity contribution in [2.75, 3.05) is 10.6 Å². The van der Waals surface area contributed by atoms with Gasteiger partial charge in [0.2, 0.25) is 0 Å². The molecule has 138 valence electrons. The molecule has 27 heavy (non-hydrogen) atoms. The number of nitrogens with one attached hydrogen (secondary N) is 2. The van der Waals surface area contributed by atoms with E-state index in [0.717, 1.165) is 12.1 Å². The van der Waals surface area contributed by atoms with E-state index in [-0.39, 0.29) is 17.1 Å². The van der Waals surface area contributed by atoms with E-state index >= 15 is 0 Å². The fourth-order valence-corrected chi connectivity index (χ4v) is 2.32. The van der Waals surface area contributed by atoms with E-state index in [9.17, 15) is 22.4 Å². The van der Waals surface area contributed by atoms with Crippen molar-refractivity contribution in [2.45, 2.75) is 6.18 Å². The highest BCUT2D eigenvalue weighted by Crippen LogP contribution is 2.30. The topological polar surface area (TPSA) is 54.0 Å². The Balaban J connectivity index is 1.82. The third-order valence-electron chi connectivity index (χ3n) is 3.65. The van der Waals surface area contributed by atoms with Crippen LogP contribution in [0.2, 0.25) is 0 Å². The highest BCUT2D eigenvalue weighted by Gasteiger charge is 2.30. The van der Waals surface area contributed by atoms with Crippen LogP contribution < -0.4 is 10.6 Å². The fourth-order valence-electron chi connectivity index (χ4n) is 2.32. The zero-order valence-corrected chi connectivity index (χ0v) is 13.7. The number of carbonyl (C=O) groups is 1. The van der Waals surface area contributed by atoms with Crippen molar-refractivity contribution in [3.05, 3.63) is 83.8 Å². The number of para-hydroxylation sites is 1. The second kappa shape index (κ2) is 7.45. The molecule has 1 aromatic heterocycles. The number of halogens is 4. The Bertz CT molecular complexity index is 956. The first-order valence-electron chi connectivity index (χ1n) is 7.80. The van der Waals surface area contributed by atoms with Crippen molar-refractivity contribution >= 4 is 23.1 Å². The van der Waals surface area contributed by atoms with Crippen LogP contribution >= 0.6 is 0 Å². The van der Waals surface area contributed by atoms with Crippen LogP contribution in [0.15, 0.2) is 66.9 Å². The van der Waals surface area contributed by atoms with Gasteiger partial charge < -0.3 is 10.6 Å². The third kappa shape index (κ3) is 4.41. The smallest absolute Gasteiger partial charge is 0.340 e. The second-order valence-corrected chi connectivity index (χ2v) is 5.53. The lowest BCUT2D eigenvalue weighted by molar-refractivity contribution is -0.137. The van der Waals surface area contributed by atoms with Gasteiger partial charge in [0.15, 0.2) is 0 Å². The summed E-state index contributed by atoms with van der Waals surface area (Å²) in [5, 5.41) is 5.24. The normalized spacial score (nSPS) is 11.1. The second-order valence-electron chi connectivity index (χ2n) is 5.53. The average molecular weight is 375 g/mol. The maximum absolute atomic E-state index is 13.7. The molecule has 1 amide bonds. The molecule has 0 spiro atoms. The summed E-state index contributed by atoms with van der Waals surface area (Å²) in [6.45, 7) is 0. The minimum Gasteiger partial charge on any atom is -0.340 e. The predicted molar refractivity (Wildman–Crippen MR) is 93.3 cm³/mol. The lowest BCUT2D eigenvalue weighted by Gasteiger charge is -2.12. The van der Waals surface area contributed by atoms with Crippen LogP contribution in [-0.4, -0.2) is 10.9 Å². The van der Waals surface area contributed by atoms with E-state index < -0.39 is 23.5 Å². The molecule has 0 bridgehead atoms. The van der Waals surface area contributed by atoms with E-state index in [2.05, 4.69) is 15.6 Å². The van der Waals surface area contributed by atoms with E-state index in [0.29, 0.717) is 5.69 Å². The predicted octanol–water partition coefficient (Wildman–Crippen LogP) is 5.24. The molecule has 0 radical (unpaired) electrons. The van der Waals surface area contributed by atoms with Crippen LogP contribution in [0.25, 0.3) is 0 Å². The number of carbonyl (C=O) groups excluding carboxylic acids is 1. The molecule has 0 saturated heterocycles. The summed E-state index contributed by atoms with van der Waals surface area (Å²) >= 11 is 0. The van der Waals surface area contributed by atoms with Gasteiger partial charge in [0.1, 0.15) is 11.6 Å². The van der Waals surface area contributed by atoms with Crippen molar-refractivity contribution in [2.24, 2.45) is 0 Å². The van der Waals surface area contributed by atoms with Crippen molar-refractivity contribution in [3.63, 3.8) is 0 Å². The summed E-state index contributed by atoms with van der Waals surface area (Å²) in [5.74, 6) is -1.07. The molecule has 0 unspecified atom stereocenters. The van der Waals surface area contributed by atoms with Crippen LogP contribution in [0.5, 0.6) is 0 Å². The summed E-state index contributed by atoms with van der Waals surface area (Å²) < 4.78 is 51.6. The third-order valence-corrected chi connectivity index (χ3v) is 3.65. The molecule has 0 saturated carbocycles. The highest BCUT2D eigenvalue weighted by molar-refractivity contribution is 6.07. The first kappa shape index (κ1) is 18.4. The summed E-state index contributed by atoms with van der Waals surface area (Å²) in [5.41, 5.74) is -0.347. The van der Waals surface area contributed by atoms with Crippen molar-refractivity contribution in [1.29, 1.82) is 0 Å². The minimum atomic E-state index is -4.44. The van der Waals surface area contributed by atoms with Gasteiger partial charge >= 0.3 is 6.18 Å². The molecule has 2 N–H and O–H groups in total. The Morgan fingerprint density at radius 3 is 2.30 bits per heavy atom.